The van der Waals surface area contributed by atoms with Crippen molar-refractivity contribution in [3.8, 4) is 11.5 Å². The van der Waals surface area contributed by atoms with E-state index >= 15 is 0 Å². The number of hydrogen-bond acceptors (Lipinski definition) is 5. The van der Waals surface area contributed by atoms with E-state index in [9.17, 15) is 18.0 Å². The highest BCUT2D eigenvalue weighted by molar-refractivity contribution is 7.92. The van der Waals surface area contributed by atoms with Gasteiger partial charge in [-0.3, -0.25) is 13.9 Å². The van der Waals surface area contributed by atoms with Gasteiger partial charge >= 0.3 is 0 Å². The summed E-state index contributed by atoms with van der Waals surface area (Å²) in [6, 6.07) is 21.7. The molecule has 8 nitrogen and oxygen atoms in total. The van der Waals surface area contributed by atoms with Gasteiger partial charge in [0.05, 0.1) is 11.9 Å². The Morgan fingerprint density at radius 3 is 2.17 bits per heavy atom. The maximum absolute atomic E-state index is 13.0. The maximum atomic E-state index is 13.0. The molecular formula is C26H27N3O5S. The lowest BCUT2D eigenvalue weighted by molar-refractivity contribution is -0.117. The molecule has 0 unspecified atom stereocenters. The minimum Gasteiger partial charge on any atom is -0.457 e. The predicted octanol–water partition coefficient (Wildman–Crippen LogP) is 4.40. The minimum atomic E-state index is -3.76. The number of nitrogens with one attached hydrogen (secondary N) is 1. The van der Waals surface area contributed by atoms with E-state index in [2.05, 4.69) is 5.32 Å². The number of para-hydroxylation sites is 1. The van der Waals surface area contributed by atoms with E-state index < -0.39 is 22.0 Å². The molecule has 182 valence electrons. The third kappa shape index (κ3) is 5.81. The highest BCUT2D eigenvalue weighted by atomic mass is 32.2. The van der Waals surface area contributed by atoms with Crippen molar-refractivity contribution >= 4 is 38.9 Å². The lowest BCUT2D eigenvalue weighted by atomic mass is 10.2. The first-order valence-electron chi connectivity index (χ1n) is 11.3. The number of benzene rings is 3. The number of carbonyl (C=O) groups excluding carboxylic acids is 2. The van der Waals surface area contributed by atoms with Gasteiger partial charge in [0.1, 0.15) is 17.5 Å². The molecule has 3 aromatic rings. The summed E-state index contributed by atoms with van der Waals surface area (Å²) in [6.07, 6.45) is 2.43. The summed E-state index contributed by atoms with van der Waals surface area (Å²) in [5, 5.41) is 2.76. The van der Waals surface area contributed by atoms with E-state index in [-0.39, 0.29) is 5.91 Å². The minimum absolute atomic E-state index is 0.0828. The molecule has 35 heavy (non-hydrogen) atoms. The Hall–Kier alpha value is -3.85. The molecule has 1 saturated heterocycles. The number of nitrogens with zero attached hydrogens (tertiary/aromatic N) is 2. The third-order valence-corrected chi connectivity index (χ3v) is 6.92. The number of sulfonamides is 1. The molecule has 0 bridgehead atoms. The van der Waals surface area contributed by atoms with Gasteiger partial charge in [-0.05, 0) is 74.0 Å². The summed E-state index contributed by atoms with van der Waals surface area (Å²) in [6.45, 7) is 2.21. The molecule has 0 aromatic heterocycles. The summed E-state index contributed by atoms with van der Waals surface area (Å²) >= 11 is 0. The van der Waals surface area contributed by atoms with Crippen LogP contribution in [0.25, 0.3) is 0 Å². The number of carbonyl (C=O) groups is 2. The van der Waals surface area contributed by atoms with E-state index in [0.29, 0.717) is 35.8 Å². The molecule has 0 radical (unpaired) electrons. The number of rotatable bonds is 8. The number of anilines is 3. The molecule has 1 fully saturated rings. The fourth-order valence-electron chi connectivity index (χ4n) is 3.99. The zero-order valence-electron chi connectivity index (χ0n) is 19.5. The van der Waals surface area contributed by atoms with Crippen molar-refractivity contribution in [1.29, 1.82) is 0 Å². The third-order valence-electron chi connectivity index (χ3n) is 5.68. The topological polar surface area (TPSA) is 96.0 Å². The smallest absolute Gasteiger partial charge is 0.247 e. The van der Waals surface area contributed by atoms with Crippen LogP contribution in [-0.2, 0) is 19.6 Å². The Kier molecular flexibility index (Phi) is 7.07. The Morgan fingerprint density at radius 2 is 1.60 bits per heavy atom. The molecule has 9 heteroatoms. The summed E-state index contributed by atoms with van der Waals surface area (Å²) in [4.78, 5) is 26.6. The van der Waals surface area contributed by atoms with Crippen LogP contribution in [0.5, 0.6) is 11.5 Å². The second kappa shape index (κ2) is 10.2. The SMILES string of the molecule is C[C@H](C(=O)Nc1ccc(N2CCCC2=O)cc1)N(c1ccc(Oc2ccccc2)cc1)S(C)(=O)=O. The second-order valence-corrected chi connectivity index (χ2v) is 10.2. The summed E-state index contributed by atoms with van der Waals surface area (Å²) in [7, 11) is -3.76. The molecule has 3 aromatic carbocycles. The number of amides is 2. The van der Waals surface area contributed by atoms with Crippen LogP contribution in [0.2, 0.25) is 0 Å². The van der Waals surface area contributed by atoms with Gasteiger partial charge in [-0.15, -0.1) is 0 Å². The van der Waals surface area contributed by atoms with Crippen molar-refractivity contribution in [3.63, 3.8) is 0 Å². The van der Waals surface area contributed by atoms with Crippen LogP contribution in [-0.4, -0.2) is 39.1 Å². The Labute approximate surface area is 205 Å². The molecule has 1 N–H and O–H groups in total. The molecule has 1 atom stereocenters. The van der Waals surface area contributed by atoms with Crippen LogP contribution in [0.3, 0.4) is 0 Å². The van der Waals surface area contributed by atoms with Gasteiger partial charge < -0.3 is 15.0 Å². The Bertz CT molecular complexity index is 1290. The van der Waals surface area contributed by atoms with Crippen LogP contribution in [0.15, 0.2) is 78.9 Å². The van der Waals surface area contributed by atoms with Gasteiger partial charge in [0.2, 0.25) is 21.8 Å². The van der Waals surface area contributed by atoms with Crippen LogP contribution in [0.1, 0.15) is 19.8 Å². The molecule has 1 aliphatic rings. The van der Waals surface area contributed by atoms with Gasteiger partial charge in [0.25, 0.3) is 0 Å². The molecule has 4 rings (SSSR count). The van der Waals surface area contributed by atoms with E-state index in [1.54, 1.807) is 53.4 Å². The summed E-state index contributed by atoms with van der Waals surface area (Å²) < 4.78 is 32.1. The summed E-state index contributed by atoms with van der Waals surface area (Å²) in [5.41, 5.74) is 1.63. The lowest BCUT2D eigenvalue weighted by Crippen LogP contribution is -2.45. The normalized spacial score (nSPS) is 14.5. The highest BCUT2D eigenvalue weighted by Gasteiger charge is 2.29. The molecular weight excluding hydrogens is 466 g/mol. The monoisotopic (exact) mass is 493 g/mol. The predicted molar refractivity (Wildman–Crippen MR) is 136 cm³/mol. The van der Waals surface area contributed by atoms with E-state index in [1.165, 1.54) is 6.92 Å². The molecule has 1 aliphatic heterocycles. The first-order chi connectivity index (χ1) is 16.7. The highest BCUT2D eigenvalue weighted by Crippen LogP contribution is 2.28. The molecule has 0 spiro atoms. The quantitative estimate of drug-likeness (QED) is 0.502. The van der Waals surface area contributed by atoms with E-state index in [1.807, 2.05) is 30.3 Å². The van der Waals surface area contributed by atoms with Crippen LogP contribution in [0.4, 0.5) is 17.1 Å². The van der Waals surface area contributed by atoms with Gasteiger partial charge in [0.15, 0.2) is 0 Å². The van der Waals surface area contributed by atoms with E-state index in [0.717, 1.165) is 22.7 Å². The molecule has 2 amide bonds. The van der Waals surface area contributed by atoms with Crippen molar-refractivity contribution in [2.75, 3.05) is 27.3 Å². The Morgan fingerprint density at radius 1 is 0.971 bits per heavy atom. The zero-order chi connectivity index (χ0) is 25.0. The zero-order valence-corrected chi connectivity index (χ0v) is 20.4. The van der Waals surface area contributed by atoms with Gasteiger partial charge in [-0.1, -0.05) is 18.2 Å². The van der Waals surface area contributed by atoms with Crippen molar-refractivity contribution in [2.24, 2.45) is 0 Å². The van der Waals surface area contributed by atoms with Crippen LogP contribution < -0.4 is 19.3 Å². The van der Waals surface area contributed by atoms with Gasteiger partial charge in [0, 0.05) is 24.3 Å². The van der Waals surface area contributed by atoms with Crippen molar-refractivity contribution in [3.05, 3.63) is 78.9 Å². The number of hydrogen-bond donors (Lipinski definition) is 1. The first kappa shape index (κ1) is 24.3. The van der Waals surface area contributed by atoms with Crippen LogP contribution >= 0.6 is 0 Å². The largest absolute Gasteiger partial charge is 0.457 e. The van der Waals surface area contributed by atoms with Crippen molar-refractivity contribution < 1.29 is 22.7 Å². The van der Waals surface area contributed by atoms with Crippen LogP contribution in [0, 0.1) is 0 Å². The molecule has 1 heterocycles. The molecule has 0 saturated carbocycles. The Balaban J connectivity index is 1.47. The number of ether oxygens (including phenoxy) is 1. The maximum Gasteiger partial charge on any atom is 0.247 e. The van der Waals surface area contributed by atoms with Crippen molar-refractivity contribution in [2.45, 2.75) is 25.8 Å². The van der Waals surface area contributed by atoms with Gasteiger partial charge in [-0.2, -0.15) is 0 Å². The average Bonchev–Trinajstić information content (AvgIpc) is 3.26. The first-order valence-corrected chi connectivity index (χ1v) is 13.1. The fraction of sp³-hybridized carbons (Fsp3) is 0.231. The lowest BCUT2D eigenvalue weighted by Gasteiger charge is -2.28. The standard InChI is InChI=1S/C26H27N3O5S/c1-19(26(31)27-20-10-12-21(13-11-20)28-18-6-9-25(28)30)29(35(2,32)33)22-14-16-24(17-15-22)34-23-7-4-3-5-8-23/h3-5,7-8,10-17,19H,6,9,18H2,1-2H3,(H,27,31)/t19-/m1/s1. The summed E-state index contributed by atoms with van der Waals surface area (Å²) in [5.74, 6) is 0.805. The fourth-order valence-corrected chi connectivity index (χ4v) is 5.16. The van der Waals surface area contributed by atoms with Crippen molar-refractivity contribution in [1.82, 2.24) is 0 Å². The van der Waals surface area contributed by atoms with Gasteiger partial charge in [-0.25, -0.2) is 8.42 Å². The van der Waals surface area contributed by atoms with E-state index in [4.69, 9.17) is 4.74 Å². The average molecular weight is 494 g/mol. The second-order valence-electron chi connectivity index (χ2n) is 8.33. The molecule has 0 aliphatic carbocycles.